The fraction of sp³-hybridized carbons (Fsp3) is 0.292. The van der Waals surface area contributed by atoms with Crippen LogP contribution in [0.1, 0.15) is 123 Å². The van der Waals surface area contributed by atoms with Gasteiger partial charge in [-0.25, -0.2) is 15.0 Å². The van der Waals surface area contributed by atoms with Crippen molar-refractivity contribution < 1.29 is 68.1 Å². The van der Waals surface area contributed by atoms with Gasteiger partial charge in [0, 0.05) is 43.0 Å². The van der Waals surface area contributed by atoms with Crippen molar-refractivity contribution in [2.45, 2.75) is 111 Å². The molecule has 0 spiro atoms. The summed E-state index contributed by atoms with van der Waals surface area (Å²) in [6.07, 6.45) is -12.9. The Balaban J connectivity index is 0.000000185. The zero-order chi connectivity index (χ0) is 84.3. The molecule has 0 aliphatic carbocycles. The van der Waals surface area contributed by atoms with E-state index < -0.39 is 53.3 Å². The topological polar surface area (TPSA) is 193 Å². The Kier molecular flexibility index (Phi) is 30.2. The highest BCUT2D eigenvalue weighted by molar-refractivity contribution is 14.1. The molecule has 3 aromatic heterocycles. The van der Waals surface area contributed by atoms with Gasteiger partial charge >= 0.3 is 18.5 Å². The number of aryl methyl sites for hydroxylation is 1. The number of hydrogen-bond acceptors (Lipinski definition) is 12. The van der Waals surface area contributed by atoms with Crippen molar-refractivity contribution in [2.24, 2.45) is 0 Å². The number of carbonyl (C=O) groups excluding carboxylic acids is 3. The molecule has 0 saturated heterocycles. The summed E-state index contributed by atoms with van der Waals surface area (Å²) in [5.41, 5.74) is 2.73. The number of rotatable bonds is 28. The number of hydrogen-bond donors (Lipinski definition) is 0. The summed E-state index contributed by atoms with van der Waals surface area (Å²) in [6, 6.07) is 56.9. The molecule has 612 valence electrons. The Morgan fingerprint density at radius 3 is 0.889 bits per heavy atom. The van der Waals surface area contributed by atoms with Gasteiger partial charge in [-0.3, -0.25) is 42.5 Å². The van der Waals surface area contributed by atoms with E-state index >= 15 is 0 Å². The summed E-state index contributed by atoms with van der Waals surface area (Å²) in [7, 11) is 0. The standard InChI is InChI=1S/C31H32F3N3O3.C29H27F3IN3O3.C29H28F3N3O3/c1-4-22-12-16-25(17-13-22)37-29(35-27-9-7-6-8-26(27)30(37)39)21(3)36(18-19-40-5-2)28(38)20-23-10-14-24(15-11-23)31(32,33)34;1-3-39-17-16-35(26(37)18-20-8-10-21(11-9-20)29(30,31)32)19(2)27-34-25-7-5-4-6-24(25)28(38)36(27)23-14-12-22(33)13-15-23;1-3-38-18-17-34(26(36)19-21-13-15-22(16-14-21)29(30,31)32)20(2)27-33-25-12-8-7-11-24(25)28(37)35(27)23-9-5-4-6-10-23/h6-17,21H,4-5,18-20H2,1-3H3;4-15,19H,3,16-18H2,1-2H3;4-16,20H,3,17-19H2,1-2H3/t21-;;20-/m1.1/s1. The van der Waals surface area contributed by atoms with Crippen molar-refractivity contribution in [3.8, 4) is 17.1 Å². The molecular formula is C89H87F9IN9O9. The van der Waals surface area contributed by atoms with Crippen LogP contribution in [-0.4, -0.2) is 120 Å². The van der Waals surface area contributed by atoms with Crippen molar-refractivity contribution in [3.05, 3.63) is 316 Å². The smallest absolute Gasteiger partial charge is 0.380 e. The molecule has 0 radical (unpaired) electrons. The lowest BCUT2D eigenvalue weighted by atomic mass is 10.1. The van der Waals surface area contributed by atoms with E-state index in [0.717, 1.165) is 52.0 Å². The van der Waals surface area contributed by atoms with Crippen molar-refractivity contribution in [3.63, 3.8) is 0 Å². The van der Waals surface area contributed by atoms with Crippen LogP contribution in [0.3, 0.4) is 0 Å². The molecule has 0 aliphatic heterocycles. The summed E-state index contributed by atoms with van der Waals surface area (Å²) in [5.74, 6) is 0.166. The average Bonchev–Trinajstić information content (AvgIpc) is 0.771. The van der Waals surface area contributed by atoms with Crippen LogP contribution in [0.2, 0.25) is 0 Å². The van der Waals surface area contributed by atoms with Crippen LogP contribution >= 0.6 is 22.6 Å². The van der Waals surface area contributed by atoms with Gasteiger partial charge in [0.05, 0.1) is 124 Å². The third-order valence-corrected chi connectivity index (χ3v) is 20.3. The van der Waals surface area contributed by atoms with E-state index in [1.807, 2.05) is 94.4 Å². The van der Waals surface area contributed by atoms with Crippen molar-refractivity contribution in [1.29, 1.82) is 0 Å². The van der Waals surface area contributed by atoms with E-state index in [1.54, 1.807) is 120 Å². The van der Waals surface area contributed by atoms with Gasteiger partial charge in [0.15, 0.2) is 0 Å². The highest BCUT2D eigenvalue weighted by Crippen LogP contribution is 2.34. The third kappa shape index (κ3) is 22.3. The van der Waals surface area contributed by atoms with Crippen molar-refractivity contribution in [2.75, 3.05) is 59.3 Å². The summed E-state index contributed by atoms with van der Waals surface area (Å²) in [4.78, 5) is 101. The largest absolute Gasteiger partial charge is 0.416 e. The van der Waals surface area contributed by atoms with Crippen LogP contribution in [-0.2, 0) is 72.8 Å². The zero-order valence-corrected chi connectivity index (χ0v) is 67.4. The monoisotopic (exact) mass is 1720 g/mol. The maximum Gasteiger partial charge on any atom is 0.416 e. The molecule has 12 aromatic rings. The number of amides is 3. The van der Waals surface area contributed by atoms with E-state index in [9.17, 15) is 68.3 Å². The minimum absolute atomic E-state index is 0.113. The van der Waals surface area contributed by atoms with Gasteiger partial charge in [-0.05, 0) is 214 Å². The van der Waals surface area contributed by atoms with Gasteiger partial charge < -0.3 is 28.9 Å². The number of nitrogens with zero attached hydrogens (tertiary/aromatic N) is 9. The second-order valence-corrected chi connectivity index (χ2v) is 28.5. The first-order valence-electron chi connectivity index (χ1n) is 38.0. The molecule has 0 fully saturated rings. The number of carbonyl (C=O) groups is 3. The molecule has 3 atom stereocenters. The third-order valence-electron chi connectivity index (χ3n) is 19.5. The summed E-state index contributed by atoms with van der Waals surface area (Å²) < 4.78 is 139. The predicted octanol–water partition coefficient (Wildman–Crippen LogP) is 17.9. The number of ether oxygens (including phenoxy) is 3. The maximum atomic E-state index is 13.8. The lowest BCUT2D eigenvalue weighted by Gasteiger charge is -2.31. The first-order valence-corrected chi connectivity index (χ1v) is 39.1. The fourth-order valence-electron chi connectivity index (χ4n) is 13.3. The molecule has 0 N–H and O–H groups in total. The first-order chi connectivity index (χ1) is 55.9. The SMILES string of the molecule is CCOCCN(C(=O)Cc1ccc(C(F)(F)F)cc1)C(C)c1nc2ccccc2c(=O)n1-c1ccc(I)cc1.CCOCCN(C(=O)Cc1ccc(C(F)(F)F)cc1)[C@H](C)c1nc2ccccc2c(=O)n1-c1ccc(CC)cc1.CCOCCN(C(=O)Cc1ccc(C(F)(F)F)cc1)[C@H](C)c1nc2ccccc2c(=O)n1-c1ccccc1. The second kappa shape index (κ2) is 40.1. The number of halogens is 10. The highest BCUT2D eigenvalue weighted by Gasteiger charge is 2.35. The maximum absolute atomic E-state index is 13.8. The molecule has 9 aromatic carbocycles. The minimum Gasteiger partial charge on any atom is -0.380 e. The van der Waals surface area contributed by atoms with Crippen LogP contribution < -0.4 is 16.7 Å². The van der Waals surface area contributed by atoms with E-state index in [2.05, 4.69) is 22.6 Å². The normalized spacial score (nSPS) is 12.5. The van der Waals surface area contributed by atoms with Gasteiger partial charge in [0.2, 0.25) is 17.7 Å². The molecule has 117 heavy (non-hydrogen) atoms. The number of alkyl halides is 9. The molecule has 3 heterocycles. The van der Waals surface area contributed by atoms with Gasteiger partial charge in [0.1, 0.15) is 17.5 Å². The molecular weight excluding hydrogens is 1640 g/mol. The number of fused-ring (bicyclic) bond motifs is 3. The first kappa shape index (κ1) is 88.2. The molecule has 12 rings (SSSR count). The summed E-state index contributed by atoms with van der Waals surface area (Å²) in [5, 5.41) is 1.35. The van der Waals surface area contributed by atoms with Crippen LogP contribution in [0.5, 0.6) is 0 Å². The van der Waals surface area contributed by atoms with Gasteiger partial charge in [-0.1, -0.05) is 110 Å². The minimum atomic E-state index is -4.46. The fourth-order valence-corrected chi connectivity index (χ4v) is 13.7. The molecule has 0 saturated carbocycles. The molecule has 0 bridgehead atoms. The summed E-state index contributed by atoms with van der Waals surface area (Å²) in [6.45, 7) is 15.7. The Bertz CT molecular complexity index is 5560. The van der Waals surface area contributed by atoms with E-state index in [1.165, 1.54) is 50.1 Å². The molecule has 18 nitrogen and oxygen atoms in total. The molecule has 28 heteroatoms. The Labute approximate surface area is 683 Å². The van der Waals surface area contributed by atoms with Gasteiger partial charge in [-0.15, -0.1) is 0 Å². The number of benzene rings is 9. The zero-order valence-electron chi connectivity index (χ0n) is 65.3. The van der Waals surface area contributed by atoms with E-state index in [-0.39, 0.29) is 93.1 Å². The van der Waals surface area contributed by atoms with Crippen LogP contribution in [0.15, 0.2) is 239 Å². The van der Waals surface area contributed by atoms with Crippen LogP contribution in [0.4, 0.5) is 39.5 Å². The molecule has 3 amide bonds. The predicted molar refractivity (Wildman–Crippen MR) is 439 cm³/mol. The second-order valence-electron chi connectivity index (χ2n) is 27.2. The Morgan fingerprint density at radius 1 is 0.359 bits per heavy atom. The van der Waals surface area contributed by atoms with Gasteiger partial charge in [0.25, 0.3) is 16.7 Å². The van der Waals surface area contributed by atoms with E-state index in [0.29, 0.717) is 104 Å². The van der Waals surface area contributed by atoms with Gasteiger partial charge in [-0.2, -0.15) is 39.5 Å². The quantitative estimate of drug-likeness (QED) is 0.0256. The Morgan fingerprint density at radius 2 is 0.615 bits per heavy atom. The van der Waals surface area contributed by atoms with E-state index in [4.69, 9.17) is 29.2 Å². The lowest BCUT2D eigenvalue weighted by molar-refractivity contribution is -0.138. The Hall–Kier alpha value is -11.2. The lowest BCUT2D eigenvalue weighted by Crippen LogP contribution is -2.40. The highest BCUT2D eigenvalue weighted by atomic mass is 127. The van der Waals surface area contributed by atoms with Crippen LogP contribution in [0, 0.1) is 3.57 Å². The molecule has 1 unspecified atom stereocenters. The number of para-hydroxylation sites is 4. The van der Waals surface area contributed by atoms with Crippen molar-refractivity contribution >= 4 is 73.0 Å². The van der Waals surface area contributed by atoms with Crippen molar-refractivity contribution in [1.82, 2.24) is 43.4 Å². The summed E-state index contributed by atoms with van der Waals surface area (Å²) >= 11 is 2.18. The van der Waals surface area contributed by atoms with Crippen LogP contribution in [0.25, 0.3) is 49.8 Å². The molecule has 0 aliphatic rings. The average molecular weight is 1720 g/mol. The number of aromatic nitrogens is 6.